The van der Waals surface area contributed by atoms with Crippen LogP contribution in [0.4, 0.5) is 0 Å². The molecule has 2 saturated heterocycles. The summed E-state index contributed by atoms with van der Waals surface area (Å²) >= 11 is 1.86. The highest BCUT2D eigenvalue weighted by Gasteiger charge is 2.47. The Morgan fingerprint density at radius 3 is 2.13 bits per heavy atom. The van der Waals surface area contributed by atoms with Crippen molar-refractivity contribution in [2.24, 2.45) is 0 Å². The first-order chi connectivity index (χ1) is 14.6. The first kappa shape index (κ1) is 20.8. The number of methoxy groups -OCH3 is 1. The molecule has 2 aliphatic rings. The second-order valence-corrected chi connectivity index (χ2v) is 9.28. The van der Waals surface area contributed by atoms with Crippen LogP contribution in [0.15, 0.2) is 48.5 Å². The molecule has 5 nitrogen and oxygen atoms in total. The zero-order valence-electron chi connectivity index (χ0n) is 17.6. The largest absolute Gasteiger partial charge is 0.497 e. The molecule has 0 radical (unpaired) electrons. The summed E-state index contributed by atoms with van der Waals surface area (Å²) in [6, 6.07) is 15.2. The van der Waals surface area contributed by atoms with E-state index in [0.717, 1.165) is 42.9 Å². The highest BCUT2D eigenvalue weighted by Crippen LogP contribution is 2.44. The Labute approximate surface area is 182 Å². The lowest BCUT2D eigenvalue weighted by atomic mass is 9.99. The molecule has 158 valence electrons. The molecule has 0 bridgehead atoms. The molecule has 0 aromatic heterocycles. The molecule has 2 aromatic rings. The average molecular weight is 425 g/mol. The van der Waals surface area contributed by atoms with Crippen molar-refractivity contribution in [3.05, 3.63) is 65.2 Å². The van der Waals surface area contributed by atoms with E-state index in [1.165, 1.54) is 5.56 Å². The van der Waals surface area contributed by atoms with Gasteiger partial charge < -0.3 is 14.5 Å². The summed E-state index contributed by atoms with van der Waals surface area (Å²) < 4.78 is 5.20. The van der Waals surface area contributed by atoms with Crippen LogP contribution in [0.5, 0.6) is 5.75 Å². The van der Waals surface area contributed by atoms with Gasteiger partial charge in [0.1, 0.15) is 5.75 Å². The molecule has 2 fully saturated rings. The minimum atomic E-state index is -0.208. The Balaban J connectivity index is 1.44. The first-order valence-corrected chi connectivity index (χ1v) is 11.5. The van der Waals surface area contributed by atoms with E-state index in [4.69, 9.17) is 4.74 Å². The van der Waals surface area contributed by atoms with Crippen molar-refractivity contribution in [3.63, 3.8) is 0 Å². The van der Waals surface area contributed by atoms with E-state index in [1.807, 2.05) is 70.1 Å². The maximum absolute atomic E-state index is 13.2. The Kier molecular flexibility index (Phi) is 6.04. The van der Waals surface area contributed by atoms with Crippen LogP contribution in [0.25, 0.3) is 0 Å². The third-order valence-electron chi connectivity index (χ3n) is 6.20. The van der Waals surface area contributed by atoms with Gasteiger partial charge in [0.2, 0.25) is 0 Å². The van der Waals surface area contributed by atoms with E-state index < -0.39 is 0 Å². The highest BCUT2D eigenvalue weighted by molar-refractivity contribution is 8.00. The van der Waals surface area contributed by atoms with Gasteiger partial charge >= 0.3 is 0 Å². The lowest BCUT2D eigenvalue weighted by molar-refractivity contribution is 0.0498. The normalized spacial score (nSPS) is 17.9. The van der Waals surface area contributed by atoms with Crippen LogP contribution in [0.1, 0.15) is 46.0 Å². The van der Waals surface area contributed by atoms with Gasteiger partial charge in [-0.2, -0.15) is 0 Å². The quantitative estimate of drug-likeness (QED) is 0.742. The van der Waals surface area contributed by atoms with Crippen molar-refractivity contribution < 1.29 is 14.3 Å². The molecule has 30 heavy (non-hydrogen) atoms. The first-order valence-electron chi connectivity index (χ1n) is 10.5. The molecular formula is C24H28N2O3S. The van der Waals surface area contributed by atoms with Gasteiger partial charge in [-0.05, 0) is 61.2 Å². The van der Waals surface area contributed by atoms with Crippen LogP contribution in [0.2, 0.25) is 0 Å². The third kappa shape index (κ3) is 3.93. The second-order valence-electron chi connectivity index (χ2n) is 7.82. The maximum atomic E-state index is 13.2. The fourth-order valence-electron chi connectivity index (χ4n) is 4.32. The molecule has 0 atom stereocenters. The highest BCUT2D eigenvalue weighted by atomic mass is 32.2. The van der Waals surface area contributed by atoms with E-state index in [0.29, 0.717) is 18.7 Å². The number of likely N-dealkylation sites (tertiary alicyclic amines) is 1. The molecule has 0 unspecified atom stereocenters. The molecule has 2 amide bonds. The number of carbonyl (C=O) groups excluding carboxylic acids is 2. The van der Waals surface area contributed by atoms with E-state index in [9.17, 15) is 9.59 Å². The van der Waals surface area contributed by atoms with Gasteiger partial charge in [-0.25, -0.2) is 0 Å². The second kappa shape index (κ2) is 8.72. The van der Waals surface area contributed by atoms with Crippen LogP contribution >= 0.6 is 11.8 Å². The number of aryl methyl sites for hydroxylation is 1. The molecule has 6 heteroatoms. The van der Waals surface area contributed by atoms with Crippen molar-refractivity contribution in [1.82, 2.24) is 9.80 Å². The zero-order chi connectivity index (χ0) is 21.1. The van der Waals surface area contributed by atoms with Crippen LogP contribution in [0, 0.1) is 0 Å². The van der Waals surface area contributed by atoms with Crippen LogP contribution in [0.3, 0.4) is 0 Å². The van der Waals surface area contributed by atoms with Gasteiger partial charge in [0, 0.05) is 36.5 Å². The average Bonchev–Trinajstić information content (AvgIpc) is 3.21. The number of ether oxygens (including phenoxy) is 1. The van der Waals surface area contributed by atoms with Crippen molar-refractivity contribution >= 4 is 23.6 Å². The lowest BCUT2D eigenvalue weighted by Crippen LogP contribution is -2.53. The summed E-state index contributed by atoms with van der Waals surface area (Å²) in [5.41, 5.74) is 2.67. The van der Waals surface area contributed by atoms with Crippen LogP contribution < -0.4 is 4.74 Å². The molecule has 0 saturated carbocycles. The van der Waals surface area contributed by atoms with E-state index in [-0.39, 0.29) is 16.7 Å². The van der Waals surface area contributed by atoms with Crippen molar-refractivity contribution in [2.75, 3.05) is 32.5 Å². The summed E-state index contributed by atoms with van der Waals surface area (Å²) in [7, 11) is 1.62. The monoisotopic (exact) mass is 424 g/mol. The van der Waals surface area contributed by atoms with Gasteiger partial charge in [-0.15, -0.1) is 11.8 Å². The predicted molar refractivity (Wildman–Crippen MR) is 120 cm³/mol. The van der Waals surface area contributed by atoms with Crippen LogP contribution in [-0.2, 0) is 6.42 Å². The topological polar surface area (TPSA) is 49.9 Å². The van der Waals surface area contributed by atoms with E-state index in [2.05, 4.69) is 6.92 Å². The fourth-order valence-corrected chi connectivity index (χ4v) is 5.78. The maximum Gasteiger partial charge on any atom is 0.255 e. The smallest absolute Gasteiger partial charge is 0.255 e. The van der Waals surface area contributed by atoms with E-state index >= 15 is 0 Å². The Morgan fingerprint density at radius 2 is 1.53 bits per heavy atom. The lowest BCUT2D eigenvalue weighted by Gasteiger charge is -2.44. The van der Waals surface area contributed by atoms with Crippen molar-refractivity contribution in [1.29, 1.82) is 0 Å². The predicted octanol–water partition coefficient (Wildman–Crippen LogP) is 4.08. The zero-order valence-corrected chi connectivity index (χ0v) is 18.4. The van der Waals surface area contributed by atoms with Crippen molar-refractivity contribution in [3.8, 4) is 5.75 Å². The number of piperidine rings is 1. The number of rotatable bonds is 4. The van der Waals surface area contributed by atoms with Gasteiger partial charge in [0.15, 0.2) is 0 Å². The summed E-state index contributed by atoms with van der Waals surface area (Å²) in [5.74, 6) is 1.84. The number of benzene rings is 2. The standard InChI is InChI=1S/C24H28N2O3S/c1-3-18-4-6-19(7-5-18)22(27)25-14-12-24(13-15-25)26(16-17-30-24)23(28)20-8-10-21(29-2)11-9-20/h4-11H,3,12-17H2,1-2H3. The number of hydrogen-bond acceptors (Lipinski definition) is 4. The van der Waals surface area contributed by atoms with Gasteiger partial charge in [-0.3, -0.25) is 9.59 Å². The number of carbonyl (C=O) groups is 2. The number of thioether (sulfide) groups is 1. The molecule has 2 aliphatic heterocycles. The molecule has 1 spiro atoms. The molecule has 0 aliphatic carbocycles. The Bertz CT molecular complexity index is 903. The number of amides is 2. The SMILES string of the molecule is CCc1ccc(C(=O)N2CCC3(CC2)SCCN3C(=O)c2ccc(OC)cc2)cc1. The minimum Gasteiger partial charge on any atom is -0.497 e. The van der Waals surface area contributed by atoms with Crippen LogP contribution in [-0.4, -0.2) is 59.0 Å². The summed E-state index contributed by atoms with van der Waals surface area (Å²) in [6.07, 6.45) is 2.58. The van der Waals surface area contributed by atoms with Gasteiger partial charge in [-0.1, -0.05) is 19.1 Å². The minimum absolute atomic E-state index is 0.0672. The van der Waals surface area contributed by atoms with Crippen molar-refractivity contribution in [2.45, 2.75) is 31.1 Å². The summed E-state index contributed by atoms with van der Waals surface area (Å²) in [5, 5.41) is 0. The fraction of sp³-hybridized carbons (Fsp3) is 0.417. The Morgan fingerprint density at radius 1 is 0.933 bits per heavy atom. The van der Waals surface area contributed by atoms with E-state index in [1.54, 1.807) is 7.11 Å². The van der Waals surface area contributed by atoms with Gasteiger partial charge in [0.25, 0.3) is 11.8 Å². The molecular weight excluding hydrogens is 396 g/mol. The molecule has 2 heterocycles. The Hall–Kier alpha value is -2.47. The molecule has 4 rings (SSSR count). The number of nitrogens with zero attached hydrogens (tertiary/aromatic N) is 2. The summed E-state index contributed by atoms with van der Waals surface area (Å²) in [4.78, 5) is 29.9. The third-order valence-corrected chi connectivity index (χ3v) is 7.75. The van der Waals surface area contributed by atoms with Gasteiger partial charge in [0.05, 0.1) is 12.0 Å². The molecule has 2 aromatic carbocycles. The summed E-state index contributed by atoms with van der Waals surface area (Å²) in [6.45, 7) is 4.21. The molecule has 0 N–H and O–H groups in total. The number of hydrogen-bond donors (Lipinski definition) is 0.